The van der Waals surface area contributed by atoms with Crippen LogP contribution in [-0.2, 0) is 7.05 Å². The number of nitrogens with zero attached hydrogens (tertiary/aromatic N) is 2. The van der Waals surface area contributed by atoms with E-state index in [1.54, 1.807) is 7.05 Å². The van der Waals surface area contributed by atoms with Gasteiger partial charge in [0.2, 0.25) is 0 Å². The molecular formula is C10H13N3O4. The molecule has 0 saturated heterocycles. The Hall–Kier alpha value is -1.89. The summed E-state index contributed by atoms with van der Waals surface area (Å²) in [4.78, 5) is 21.9. The number of hydrogen-bond acceptors (Lipinski definition) is 4. The Labute approximate surface area is 97.2 Å². The molecule has 17 heavy (non-hydrogen) atoms. The first-order chi connectivity index (χ1) is 7.97. The van der Waals surface area contributed by atoms with E-state index in [-0.39, 0.29) is 18.0 Å². The Morgan fingerprint density at radius 3 is 2.76 bits per heavy atom. The molecule has 92 valence electrons. The van der Waals surface area contributed by atoms with Crippen LogP contribution in [0.3, 0.4) is 0 Å². The number of carbonyl (C=O) groups is 1. The SMILES string of the molecule is Cn1cc([N+](=O)[O-])cc1C(=O)NC1(CO)CC1. The lowest BCUT2D eigenvalue weighted by Crippen LogP contribution is -2.40. The van der Waals surface area contributed by atoms with E-state index in [1.165, 1.54) is 16.8 Å². The van der Waals surface area contributed by atoms with Crippen LogP contribution in [0, 0.1) is 10.1 Å². The first-order valence-electron chi connectivity index (χ1n) is 5.21. The highest BCUT2D eigenvalue weighted by Crippen LogP contribution is 2.34. The second kappa shape index (κ2) is 3.85. The van der Waals surface area contributed by atoms with Crippen LogP contribution in [0.2, 0.25) is 0 Å². The van der Waals surface area contributed by atoms with Crippen molar-refractivity contribution in [3.63, 3.8) is 0 Å². The molecule has 0 radical (unpaired) electrons. The maximum Gasteiger partial charge on any atom is 0.287 e. The molecule has 2 N–H and O–H groups in total. The van der Waals surface area contributed by atoms with Crippen molar-refractivity contribution in [3.8, 4) is 0 Å². The summed E-state index contributed by atoms with van der Waals surface area (Å²) < 4.78 is 1.40. The fourth-order valence-corrected chi connectivity index (χ4v) is 1.65. The molecule has 1 aromatic rings. The van der Waals surface area contributed by atoms with Crippen LogP contribution < -0.4 is 5.32 Å². The lowest BCUT2D eigenvalue weighted by molar-refractivity contribution is -0.384. The normalized spacial score (nSPS) is 16.6. The Balaban J connectivity index is 2.16. The third kappa shape index (κ3) is 2.14. The maximum atomic E-state index is 11.9. The highest BCUT2D eigenvalue weighted by molar-refractivity contribution is 5.94. The fraction of sp³-hybridized carbons (Fsp3) is 0.500. The highest BCUT2D eigenvalue weighted by atomic mass is 16.6. The van der Waals surface area contributed by atoms with Crippen LogP contribution >= 0.6 is 0 Å². The van der Waals surface area contributed by atoms with Gasteiger partial charge in [-0.2, -0.15) is 0 Å². The Kier molecular flexibility index (Phi) is 2.62. The number of aliphatic hydroxyl groups excluding tert-OH is 1. The van der Waals surface area contributed by atoms with Crippen molar-refractivity contribution in [1.82, 2.24) is 9.88 Å². The first-order valence-corrected chi connectivity index (χ1v) is 5.21. The third-order valence-electron chi connectivity index (χ3n) is 2.97. The number of aromatic nitrogens is 1. The van der Waals surface area contributed by atoms with Crippen molar-refractivity contribution in [2.24, 2.45) is 7.05 Å². The van der Waals surface area contributed by atoms with E-state index >= 15 is 0 Å². The predicted octanol–water partition coefficient (Wildman–Crippen LogP) is 0.188. The number of nitrogens with one attached hydrogen (secondary N) is 1. The standard InChI is InChI=1S/C10H13N3O4/c1-12-5-7(13(16)17)4-8(12)9(15)11-10(6-14)2-3-10/h4-5,14H,2-3,6H2,1H3,(H,11,15). The van der Waals surface area contributed by atoms with Gasteiger partial charge in [0.05, 0.1) is 23.3 Å². The second-order valence-electron chi connectivity index (χ2n) is 4.34. The predicted molar refractivity (Wildman–Crippen MR) is 58.6 cm³/mol. The van der Waals surface area contributed by atoms with E-state index in [0.29, 0.717) is 0 Å². The van der Waals surface area contributed by atoms with E-state index in [9.17, 15) is 14.9 Å². The average molecular weight is 239 g/mol. The zero-order valence-electron chi connectivity index (χ0n) is 9.34. The molecule has 2 rings (SSSR count). The van der Waals surface area contributed by atoms with Crippen molar-refractivity contribution in [2.75, 3.05) is 6.61 Å². The smallest absolute Gasteiger partial charge is 0.287 e. The van der Waals surface area contributed by atoms with Gasteiger partial charge in [-0.05, 0) is 12.8 Å². The fourth-order valence-electron chi connectivity index (χ4n) is 1.65. The number of aryl methyl sites for hydroxylation is 1. The van der Waals surface area contributed by atoms with E-state index in [1.807, 2.05) is 0 Å². The van der Waals surface area contributed by atoms with Gasteiger partial charge >= 0.3 is 0 Å². The molecule has 1 saturated carbocycles. The highest BCUT2D eigenvalue weighted by Gasteiger charge is 2.43. The second-order valence-corrected chi connectivity index (χ2v) is 4.34. The van der Waals surface area contributed by atoms with Crippen molar-refractivity contribution >= 4 is 11.6 Å². The molecule has 1 amide bonds. The van der Waals surface area contributed by atoms with E-state index in [4.69, 9.17) is 5.11 Å². The largest absolute Gasteiger partial charge is 0.394 e. The summed E-state index contributed by atoms with van der Waals surface area (Å²) >= 11 is 0. The van der Waals surface area contributed by atoms with Gasteiger partial charge < -0.3 is 15.0 Å². The summed E-state index contributed by atoms with van der Waals surface area (Å²) in [6.07, 6.45) is 2.76. The first kappa shape index (κ1) is 11.6. The molecule has 7 nitrogen and oxygen atoms in total. The monoisotopic (exact) mass is 239 g/mol. The molecule has 0 unspecified atom stereocenters. The number of amides is 1. The number of rotatable bonds is 4. The van der Waals surface area contributed by atoms with Gasteiger partial charge in [-0.1, -0.05) is 0 Å². The topological polar surface area (TPSA) is 97.4 Å². The summed E-state index contributed by atoms with van der Waals surface area (Å²) in [5, 5.41) is 22.3. The van der Waals surface area contributed by atoms with Gasteiger partial charge in [-0.3, -0.25) is 14.9 Å². The molecule has 1 heterocycles. The number of aliphatic hydroxyl groups is 1. The molecule has 0 aromatic carbocycles. The van der Waals surface area contributed by atoms with E-state index < -0.39 is 16.4 Å². The van der Waals surface area contributed by atoms with Crippen molar-refractivity contribution in [3.05, 3.63) is 28.1 Å². The van der Waals surface area contributed by atoms with Crippen molar-refractivity contribution in [2.45, 2.75) is 18.4 Å². The quantitative estimate of drug-likeness (QED) is 0.578. The van der Waals surface area contributed by atoms with Crippen LogP contribution in [0.5, 0.6) is 0 Å². The van der Waals surface area contributed by atoms with Gasteiger partial charge in [-0.25, -0.2) is 0 Å². The Morgan fingerprint density at radius 1 is 1.71 bits per heavy atom. The average Bonchev–Trinajstić information content (AvgIpc) is 2.93. The van der Waals surface area contributed by atoms with Gasteiger partial charge in [0, 0.05) is 13.1 Å². The minimum Gasteiger partial charge on any atom is -0.394 e. The molecule has 0 atom stereocenters. The van der Waals surface area contributed by atoms with E-state index in [2.05, 4.69) is 5.32 Å². The number of carbonyl (C=O) groups excluding carboxylic acids is 1. The molecule has 0 spiro atoms. The van der Waals surface area contributed by atoms with Crippen LogP contribution in [0.1, 0.15) is 23.3 Å². The molecule has 1 aliphatic carbocycles. The molecule has 1 aromatic heterocycles. The summed E-state index contributed by atoms with van der Waals surface area (Å²) in [6, 6.07) is 1.22. The summed E-state index contributed by atoms with van der Waals surface area (Å²) in [7, 11) is 1.57. The molecule has 0 bridgehead atoms. The van der Waals surface area contributed by atoms with E-state index in [0.717, 1.165) is 12.8 Å². The molecule has 0 aliphatic heterocycles. The van der Waals surface area contributed by atoms with Gasteiger partial charge in [0.15, 0.2) is 0 Å². The maximum absolute atomic E-state index is 11.9. The summed E-state index contributed by atoms with van der Waals surface area (Å²) in [6.45, 7) is -0.106. The molecular weight excluding hydrogens is 226 g/mol. The third-order valence-corrected chi connectivity index (χ3v) is 2.97. The van der Waals surface area contributed by atoms with Gasteiger partial charge in [0.25, 0.3) is 11.6 Å². The van der Waals surface area contributed by atoms with Gasteiger partial charge in [-0.15, -0.1) is 0 Å². The number of hydrogen-bond donors (Lipinski definition) is 2. The van der Waals surface area contributed by atoms with Crippen molar-refractivity contribution < 1.29 is 14.8 Å². The zero-order valence-corrected chi connectivity index (χ0v) is 9.34. The zero-order chi connectivity index (χ0) is 12.6. The van der Waals surface area contributed by atoms with Crippen LogP contribution in [0.15, 0.2) is 12.3 Å². The van der Waals surface area contributed by atoms with Crippen LogP contribution in [-0.4, -0.2) is 32.6 Å². The van der Waals surface area contributed by atoms with Gasteiger partial charge in [0.1, 0.15) is 5.69 Å². The minimum absolute atomic E-state index is 0.106. The Morgan fingerprint density at radius 2 is 2.35 bits per heavy atom. The van der Waals surface area contributed by atoms with Crippen LogP contribution in [0.4, 0.5) is 5.69 Å². The lowest BCUT2D eigenvalue weighted by Gasteiger charge is -2.14. The minimum atomic E-state index is -0.546. The summed E-state index contributed by atoms with van der Waals surface area (Å²) in [5.41, 5.74) is -0.418. The molecule has 1 fully saturated rings. The number of nitro groups is 1. The molecule has 7 heteroatoms. The Bertz CT molecular complexity index is 476. The summed E-state index contributed by atoms with van der Waals surface area (Å²) in [5.74, 6) is -0.396. The molecule has 1 aliphatic rings. The van der Waals surface area contributed by atoms with Crippen LogP contribution in [0.25, 0.3) is 0 Å². The lowest BCUT2D eigenvalue weighted by atomic mass is 10.2. The van der Waals surface area contributed by atoms with Crippen molar-refractivity contribution in [1.29, 1.82) is 0 Å².